The van der Waals surface area contributed by atoms with E-state index in [1.807, 2.05) is 0 Å². The van der Waals surface area contributed by atoms with Gasteiger partial charge in [0, 0.05) is 11.6 Å². The van der Waals surface area contributed by atoms with Gasteiger partial charge in [-0.1, -0.05) is 89.3 Å². The normalized spacial score (nSPS) is 39.1. The zero-order valence-electron chi connectivity index (χ0n) is 33.0. The van der Waals surface area contributed by atoms with Crippen LogP contribution in [0.15, 0.2) is 72.8 Å². The Balaban J connectivity index is 1.07. The van der Waals surface area contributed by atoms with Gasteiger partial charge >= 0.3 is 0 Å². The topological polar surface area (TPSA) is 24.1 Å². The van der Waals surface area contributed by atoms with E-state index in [2.05, 4.69) is 83.4 Å². The van der Waals surface area contributed by atoms with E-state index in [0.717, 1.165) is 35.5 Å². The average Bonchev–Trinajstić information content (AvgIpc) is 3.19. The molecule has 4 heteroatoms. The third-order valence-corrected chi connectivity index (χ3v) is 23.9. The van der Waals surface area contributed by atoms with Crippen LogP contribution in [0.5, 0.6) is 0 Å². The second kappa shape index (κ2) is 14.7. The Labute approximate surface area is 329 Å². The van der Waals surface area contributed by atoms with E-state index in [1.54, 1.807) is 88.2 Å². The zero-order valence-corrected chi connectivity index (χ0v) is 34.8. The summed E-state index contributed by atoms with van der Waals surface area (Å²) in [6.45, 7) is 2.43. The van der Waals surface area contributed by atoms with E-state index < -0.39 is 0 Å². The Bertz CT molecular complexity index is 1640. The van der Waals surface area contributed by atoms with Crippen LogP contribution in [0.4, 0.5) is 0 Å². The molecule has 8 bridgehead atoms. The summed E-state index contributed by atoms with van der Waals surface area (Å²) in [6.07, 6.45) is 30.0. The maximum atomic E-state index is 4.15. The minimum Gasteiger partial charge on any atom is -0.310 e. The maximum absolute atomic E-state index is 4.15. The zero-order chi connectivity index (χ0) is 35.7. The van der Waals surface area contributed by atoms with Gasteiger partial charge < -0.3 is 10.6 Å². The van der Waals surface area contributed by atoms with Crippen molar-refractivity contribution < 1.29 is 0 Å². The minimum absolute atomic E-state index is 0.125. The second-order valence-electron chi connectivity index (χ2n) is 20.4. The van der Waals surface area contributed by atoms with Crippen molar-refractivity contribution in [3.63, 3.8) is 0 Å². The van der Waals surface area contributed by atoms with Crippen molar-refractivity contribution in [1.29, 1.82) is 0 Å². The molecule has 2 nitrogen and oxygen atoms in total. The number of piperidine rings is 2. The van der Waals surface area contributed by atoms with Crippen LogP contribution in [0.1, 0.15) is 127 Å². The third kappa shape index (κ3) is 6.62. The van der Waals surface area contributed by atoms with Crippen LogP contribution in [0.25, 0.3) is 22.3 Å². The maximum Gasteiger partial charge on any atom is 0.0286 e. The first-order valence-electron chi connectivity index (χ1n) is 22.8. The smallest absolute Gasteiger partial charge is 0.0286 e. The lowest BCUT2D eigenvalue weighted by Gasteiger charge is -2.67. The lowest BCUT2D eigenvalue weighted by atomic mass is 9.55. The quantitative estimate of drug-likeness (QED) is 0.201. The first-order chi connectivity index (χ1) is 26.6. The highest BCUT2D eigenvalue weighted by atomic mass is 31.1. The lowest BCUT2D eigenvalue weighted by molar-refractivity contribution is 0.0184. The van der Waals surface area contributed by atoms with Gasteiger partial charge in [-0.05, 0) is 219 Å². The summed E-state index contributed by atoms with van der Waals surface area (Å²) >= 11 is 0. The molecule has 2 saturated heterocycles. The first-order valence-corrected chi connectivity index (χ1v) is 26.0. The lowest BCUT2D eigenvalue weighted by Crippen LogP contribution is -2.56. The van der Waals surface area contributed by atoms with E-state index >= 15 is 0 Å². The Morgan fingerprint density at radius 2 is 0.870 bits per heavy atom. The molecule has 8 aliphatic carbocycles. The summed E-state index contributed by atoms with van der Waals surface area (Å²) < 4.78 is 0. The van der Waals surface area contributed by atoms with Crippen molar-refractivity contribution in [1.82, 2.24) is 10.6 Å². The molecule has 8 saturated carbocycles. The van der Waals surface area contributed by atoms with Gasteiger partial charge in [0.1, 0.15) is 0 Å². The molecule has 0 radical (unpaired) electrons. The van der Waals surface area contributed by atoms with Crippen molar-refractivity contribution in [2.24, 2.45) is 35.5 Å². The molecule has 0 aromatic heterocycles. The van der Waals surface area contributed by atoms with Crippen LogP contribution >= 0.6 is 15.8 Å². The molecule has 3 aromatic carbocycles. The predicted octanol–water partition coefficient (Wildman–Crippen LogP) is 13.1. The minimum atomic E-state index is -0.229. The fourth-order valence-electron chi connectivity index (χ4n) is 15.4. The predicted molar refractivity (Wildman–Crippen MR) is 232 cm³/mol. The SMILES string of the molecule is c1ccc(-c2cc(CP(C3CCCCN3)C3CCCCN3)c(CP(C34CC5CC(CC(C5)C3)C4)C34CC5CC(CC(C5)C3)C4)cc2-c2ccccc2)cc1. The Kier molecular flexibility index (Phi) is 9.67. The Morgan fingerprint density at radius 3 is 1.24 bits per heavy atom. The van der Waals surface area contributed by atoms with Gasteiger partial charge in [-0.25, -0.2) is 0 Å². The summed E-state index contributed by atoms with van der Waals surface area (Å²) in [4.78, 5) is 0. The summed E-state index contributed by atoms with van der Waals surface area (Å²) in [5.74, 6) is 7.62. The van der Waals surface area contributed by atoms with Crippen LogP contribution in [-0.2, 0) is 12.3 Å². The highest BCUT2D eigenvalue weighted by Crippen LogP contribution is 2.80. The van der Waals surface area contributed by atoms with Crippen LogP contribution in [0, 0.1) is 35.5 Å². The molecular formula is C50H66N2P2. The van der Waals surface area contributed by atoms with Gasteiger partial charge in [0.05, 0.1) is 0 Å². The molecule has 10 aliphatic rings. The molecular weight excluding hydrogens is 691 g/mol. The van der Waals surface area contributed by atoms with Crippen molar-refractivity contribution in [2.75, 3.05) is 13.1 Å². The molecule has 286 valence electrons. The average molecular weight is 757 g/mol. The number of benzene rings is 3. The fraction of sp³-hybridized carbons (Fsp3) is 0.640. The highest BCUT2D eigenvalue weighted by Gasteiger charge is 2.62. The standard InChI is InChI=1S/C50H66N2P2/c1-3-11-41(12-4-1)45-25-43(33-53(47-15-7-9-17-51-47)48-16-8-10-18-52-48)44(26-46(45)42-13-5-2-6-14-42)34-54(49-27-35-19-36(28-49)21-37(20-35)29-49)50-30-38-22-39(31-50)24-40(23-38)32-50/h1-6,11-14,25-26,35-40,47-48,51-52H,7-10,15-24,27-34H2. The van der Waals surface area contributed by atoms with E-state index in [-0.39, 0.29) is 15.8 Å². The van der Waals surface area contributed by atoms with Crippen LogP contribution in [-0.4, -0.2) is 35.0 Å². The largest absolute Gasteiger partial charge is 0.310 e. The Morgan fingerprint density at radius 1 is 0.481 bits per heavy atom. The van der Waals surface area contributed by atoms with Gasteiger partial charge in [-0.15, -0.1) is 0 Å². The number of hydrogen-bond donors (Lipinski definition) is 2. The fourth-order valence-corrected chi connectivity index (χ4v) is 23.9. The van der Waals surface area contributed by atoms with Crippen LogP contribution in [0.2, 0.25) is 0 Å². The monoisotopic (exact) mass is 756 g/mol. The Hall–Kier alpha value is -1.56. The van der Waals surface area contributed by atoms with Crippen LogP contribution in [0.3, 0.4) is 0 Å². The number of rotatable bonds is 10. The van der Waals surface area contributed by atoms with Crippen molar-refractivity contribution >= 4 is 15.8 Å². The summed E-state index contributed by atoms with van der Waals surface area (Å²) in [5, 5.41) is 9.61. The van der Waals surface area contributed by atoms with E-state index in [9.17, 15) is 0 Å². The molecule has 54 heavy (non-hydrogen) atoms. The van der Waals surface area contributed by atoms with E-state index in [1.165, 1.54) is 86.2 Å². The molecule has 0 amide bonds. The van der Waals surface area contributed by atoms with Gasteiger partial charge in [0.25, 0.3) is 0 Å². The van der Waals surface area contributed by atoms with Crippen LogP contribution < -0.4 is 10.6 Å². The first kappa shape index (κ1) is 35.6. The van der Waals surface area contributed by atoms with Gasteiger partial charge in [-0.2, -0.15) is 0 Å². The second-order valence-corrected chi connectivity index (χ2v) is 26.0. The molecule has 2 N–H and O–H groups in total. The van der Waals surface area contributed by atoms with Crippen molar-refractivity contribution in [2.45, 2.75) is 150 Å². The molecule has 0 spiro atoms. The van der Waals surface area contributed by atoms with Gasteiger partial charge in [-0.3, -0.25) is 0 Å². The molecule has 2 unspecified atom stereocenters. The highest BCUT2D eigenvalue weighted by molar-refractivity contribution is 7.60. The van der Waals surface area contributed by atoms with Gasteiger partial charge in [0.2, 0.25) is 0 Å². The van der Waals surface area contributed by atoms with E-state index in [4.69, 9.17) is 0 Å². The van der Waals surface area contributed by atoms with Crippen molar-refractivity contribution in [3.05, 3.63) is 83.9 Å². The summed E-state index contributed by atoms with van der Waals surface area (Å²) in [6, 6.07) is 28.7. The van der Waals surface area contributed by atoms with Gasteiger partial charge in [0.15, 0.2) is 0 Å². The molecule has 3 aromatic rings. The number of nitrogens with one attached hydrogen (secondary N) is 2. The third-order valence-electron chi connectivity index (χ3n) is 16.7. The molecule has 13 rings (SSSR count). The molecule has 10 fully saturated rings. The molecule has 2 atom stereocenters. The molecule has 2 heterocycles. The van der Waals surface area contributed by atoms with Crippen molar-refractivity contribution in [3.8, 4) is 22.3 Å². The van der Waals surface area contributed by atoms with E-state index in [0.29, 0.717) is 21.9 Å². The summed E-state index contributed by atoms with van der Waals surface area (Å²) in [7, 11) is -0.353. The number of hydrogen-bond acceptors (Lipinski definition) is 2. The molecule has 2 aliphatic heterocycles. The summed E-state index contributed by atoms with van der Waals surface area (Å²) in [5.41, 5.74) is 9.31.